The average Bonchev–Trinajstić information content (AvgIpc) is 3.00. The number of aliphatic hydroxyl groups excluding tert-OH is 2. The van der Waals surface area contributed by atoms with Crippen molar-refractivity contribution in [2.75, 3.05) is 6.61 Å². The van der Waals surface area contributed by atoms with Crippen molar-refractivity contribution in [1.82, 2.24) is 19.5 Å². The highest BCUT2D eigenvalue weighted by Gasteiger charge is 2.47. The lowest BCUT2D eigenvalue weighted by Gasteiger charge is -2.23. The molecule has 0 aromatic carbocycles. The van der Waals surface area contributed by atoms with Crippen LogP contribution in [0.5, 0.6) is 0 Å². The van der Waals surface area contributed by atoms with Crippen molar-refractivity contribution in [2.45, 2.75) is 24.4 Å². The Balaban J connectivity index is 1.99. The maximum absolute atomic E-state index is 9.99. The Bertz CT molecular complexity index is 650. The zero-order valence-corrected chi connectivity index (χ0v) is 9.97. The van der Waals surface area contributed by atoms with Gasteiger partial charge < -0.3 is 14.9 Å². The molecule has 3 rings (SSSR count). The molecular formula is C12H12N4O3. The third kappa shape index (κ3) is 1.69. The van der Waals surface area contributed by atoms with E-state index in [1.54, 1.807) is 17.1 Å². The van der Waals surface area contributed by atoms with Crippen molar-refractivity contribution >= 4 is 11.2 Å². The van der Waals surface area contributed by atoms with Gasteiger partial charge in [-0.25, -0.2) is 15.0 Å². The molecule has 7 heteroatoms. The van der Waals surface area contributed by atoms with Crippen molar-refractivity contribution < 1.29 is 14.9 Å². The first-order chi connectivity index (χ1) is 9.20. The number of ether oxygens (including phenoxy) is 1. The molecule has 19 heavy (non-hydrogen) atoms. The van der Waals surface area contributed by atoms with Crippen LogP contribution in [0.4, 0.5) is 0 Å². The van der Waals surface area contributed by atoms with E-state index >= 15 is 0 Å². The van der Waals surface area contributed by atoms with E-state index < -0.39 is 24.5 Å². The van der Waals surface area contributed by atoms with E-state index in [0.29, 0.717) is 11.2 Å². The van der Waals surface area contributed by atoms with E-state index in [2.05, 4.69) is 20.9 Å². The Hall–Kier alpha value is -2.01. The lowest BCUT2D eigenvalue weighted by atomic mass is 9.99. The van der Waals surface area contributed by atoms with Crippen LogP contribution in [0.25, 0.3) is 11.2 Å². The molecule has 1 aliphatic rings. The first-order valence-corrected chi connectivity index (χ1v) is 5.77. The lowest BCUT2D eigenvalue weighted by molar-refractivity contribution is -0.0891. The number of imidazole rings is 1. The van der Waals surface area contributed by atoms with Crippen LogP contribution in [-0.4, -0.2) is 48.0 Å². The average molecular weight is 260 g/mol. The van der Waals surface area contributed by atoms with Crippen LogP contribution in [0.3, 0.4) is 0 Å². The van der Waals surface area contributed by atoms with Crippen LogP contribution >= 0.6 is 0 Å². The van der Waals surface area contributed by atoms with Gasteiger partial charge in [-0.2, -0.15) is 0 Å². The number of terminal acetylenes is 1. The van der Waals surface area contributed by atoms with Gasteiger partial charge in [0.25, 0.3) is 0 Å². The van der Waals surface area contributed by atoms with Gasteiger partial charge in [-0.3, -0.25) is 4.57 Å². The van der Waals surface area contributed by atoms with Crippen LogP contribution in [0, 0.1) is 12.3 Å². The summed E-state index contributed by atoms with van der Waals surface area (Å²) in [6.07, 6.45) is 8.72. The number of hydrogen-bond acceptors (Lipinski definition) is 6. The van der Waals surface area contributed by atoms with Crippen molar-refractivity contribution in [1.29, 1.82) is 0 Å². The number of rotatable bonds is 2. The minimum Gasteiger partial charge on any atom is -0.392 e. The fraction of sp³-hybridized carbons (Fsp3) is 0.417. The predicted molar refractivity (Wildman–Crippen MR) is 64.7 cm³/mol. The summed E-state index contributed by atoms with van der Waals surface area (Å²) in [5.41, 5.74) is -0.144. The van der Waals surface area contributed by atoms with E-state index in [0.717, 1.165) is 0 Å². The van der Waals surface area contributed by atoms with Crippen molar-refractivity contribution in [2.24, 2.45) is 0 Å². The van der Waals surface area contributed by atoms with E-state index in [-0.39, 0.29) is 6.42 Å². The molecular weight excluding hydrogens is 248 g/mol. The Morgan fingerprint density at radius 3 is 3.11 bits per heavy atom. The summed E-state index contributed by atoms with van der Waals surface area (Å²) in [7, 11) is 0. The summed E-state index contributed by atoms with van der Waals surface area (Å²) in [6, 6.07) is 0. The zero-order chi connectivity index (χ0) is 13.5. The highest BCUT2D eigenvalue weighted by atomic mass is 16.6. The maximum Gasteiger partial charge on any atom is 0.179 e. The highest BCUT2D eigenvalue weighted by molar-refractivity contribution is 5.68. The third-order valence-corrected chi connectivity index (χ3v) is 3.34. The molecule has 98 valence electrons. The van der Waals surface area contributed by atoms with Crippen molar-refractivity contribution in [3.63, 3.8) is 0 Å². The molecule has 2 aromatic rings. The Morgan fingerprint density at radius 1 is 1.58 bits per heavy atom. The Morgan fingerprint density at radius 2 is 2.42 bits per heavy atom. The predicted octanol–water partition coefficient (Wildman–Crippen LogP) is -0.530. The minimum absolute atomic E-state index is 0.264. The molecule has 0 radical (unpaired) electrons. The SMILES string of the molecule is C#C[C@]1(CO)O[C@@H](n2cnc3cncnc32)C[C@@H]1O. The van der Waals surface area contributed by atoms with Gasteiger partial charge >= 0.3 is 0 Å². The van der Waals surface area contributed by atoms with Gasteiger partial charge in [0.05, 0.1) is 19.1 Å². The van der Waals surface area contributed by atoms with E-state index in [4.69, 9.17) is 11.2 Å². The standard InChI is InChI=1S/C12H12N4O3/c1-2-12(5-17)9(18)3-10(19-12)16-7-15-8-4-13-6-14-11(8)16/h1,4,6-7,9-10,17-18H,3,5H2/t9-,10+,12+/m0/s1. The second-order valence-corrected chi connectivity index (χ2v) is 4.40. The van der Waals surface area contributed by atoms with Crippen molar-refractivity contribution in [3.8, 4) is 12.3 Å². The number of fused-ring (bicyclic) bond motifs is 1. The molecule has 7 nitrogen and oxygen atoms in total. The lowest BCUT2D eigenvalue weighted by Crippen LogP contribution is -2.41. The highest BCUT2D eigenvalue weighted by Crippen LogP contribution is 2.37. The molecule has 0 saturated carbocycles. The number of hydrogen-bond donors (Lipinski definition) is 2. The van der Waals surface area contributed by atoms with Gasteiger partial charge in [-0.05, 0) is 0 Å². The molecule has 3 heterocycles. The molecule has 0 unspecified atom stereocenters. The van der Waals surface area contributed by atoms with Crippen LogP contribution in [0.15, 0.2) is 18.9 Å². The number of aromatic nitrogens is 4. The molecule has 0 aliphatic carbocycles. The normalized spacial score (nSPS) is 30.6. The summed E-state index contributed by atoms with van der Waals surface area (Å²) in [4.78, 5) is 12.2. The smallest absolute Gasteiger partial charge is 0.179 e. The topological polar surface area (TPSA) is 93.3 Å². The summed E-state index contributed by atoms with van der Waals surface area (Å²) in [5.74, 6) is 2.33. The number of nitrogens with zero attached hydrogens (tertiary/aromatic N) is 4. The fourth-order valence-corrected chi connectivity index (χ4v) is 2.24. The largest absolute Gasteiger partial charge is 0.392 e. The minimum atomic E-state index is -1.37. The molecule has 0 spiro atoms. The summed E-state index contributed by atoms with van der Waals surface area (Å²) < 4.78 is 7.31. The van der Waals surface area contributed by atoms with Crippen LogP contribution in [-0.2, 0) is 4.74 Å². The molecule has 1 aliphatic heterocycles. The molecule has 2 N–H and O–H groups in total. The van der Waals surface area contributed by atoms with Gasteiger partial charge in [-0.15, -0.1) is 6.42 Å². The van der Waals surface area contributed by atoms with Crippen LogP contribution < -0.4 is 0 Å². The monoisotopic (exact) mass is 260 g/mol. The van der Waals surface area contributed by atoms with Gasteiger partial charge in [-0.1, -0.05) is 5.92 Å². The first-order valence-electron chi connectivity index (χ1n) is 5.77. The molecule has 0 bridgehead atoms. The van der Waals surface area contributed by atoms with Crippen LogP contribution in [0.2, 0.25) is 0 Å². The molecule has 1 saturated heterocycles. The summed E-state index contributed by atoms with van der Waals surface area (Å²) in [5, 5.41) is 19.3. The van der Waals surface area contributed by atoms with Crippen LogP contribution in [0.1, 0.15) is 12.6 Å². The van der Waals surface area contributed by atoms with Gasteiger partial charge in [0.2, 0.25) is 0 Å². The van der Waals surface area contributed by atoms with Gasteiger partial charge in [0.1, 0.15) is 24.2 Å². The van der Waals surface area contributed by atoms with Crippen molar-refractivity contribution in [3.05, 3.63) is 18.9 Å². The third-order valence-electron chi connectivity index (χ3n) is 3.34. The van der Waals surface area contributed by atoms with E-state index in [1.165, 1.54) is 6.33 Å². The summed E-state index contributed by atoms with van der Waals surface area (Å²) >= 11 is 0. The van der Waals surface area contributed by atoms with E-state index in [1.807, 2.05) is 0 Å². The molecule has 2 aromatic heterocycles. The quantitative estimate of drug-likeness (QED) is 0.705. The molecule has 3 atom stereocenters. The second kappa shape index (κ2) is 4.28. The number of aliphatic hydroxyl groups is 2. The molecule has 0 amide bonds. The molecule has 1 fully saturated rings. The Kier molecular flexibility index (Phi) is 2.71. The second-order valence-electron chi connectivity index (χ2n) is 4.40. The summed E-state index contributed by atoms with van der Waals surface area (Å²) in [6.45, 7) is -0.442. The fourth-order valence-electron chi connectivity index (χ4n) is 2.24. The zero-order valence-electron chi connectivity index (χ0n) is 9.97. The van der Waals surface area contributed by atoms with Gasteiger partial charge in [0, 0.05) is 6.42 Å². The first kappa shape index (κ1) is 12.0. The Labute approximate surface area is 108 Å². The van der Waals surface area contributed by atoms with E-state index in [9.17, 15) is 10.2 Å². The maximum atomic E-state index is 9.99. The van der Waals surface area contributed by atoms with Gasteiger partial charge in [0.15, 0.2) is 11.2 Å².